The highest BCUT2D eigenvalue weighted by Gasteiger charge is 2.52. The van der Waals surface area contributed by atoms with E-state index in [-0.39, 0.29) is 17.4 Å². The summed E-state index contributed by atoms with van der Waals surface area (Å²) in [5, 5.41) is 3.38. The maximum Gasteiger partial charge on any atom is 0.228 e. The number of aromatic nitrogens is 1. The van der Waals surface area contributed by atoms with Gasteiger partial charge < -0.3 is 10.1 Å². The second-order valence-corrected chi connectivity index (χ2v) is 7.85. The smallest absolute Gasteiger partial charge is 0.228 e. The Balaban J connectivity index is 1.39. The molecule has 2 saturated carbocycles. The highest BCUT2D eigenvalue weighted by atomic mass is 16.5. The molecule has 2 aliphatic carbocycles. The SMILES string of the molecule is COCC1(C(=O)N[C@H]2CN(Cc3cccnc3)C[C@@H]2C2CC2)CC1. The lowest BCUT2D eigenvalue weighted by atomic mass is 9.97. The lowest BCUT2D eigenvalue weighted by Gasteiger charge is -2.23. The third-order valence-electron chi connectivity index (χ3n) is 5.87. The maximum absolute atomic E-state index is 12.7. The van der Waals surface area contributed by atoms with Crippen molar-refractivity contribution in [3.05, 3.63) is 30.1 Å². The van der Waals surface area contributed by atoms with E-state index in [4.69, 9.17) is 4.74 Å². The minimum absolute atomic E-state index is 0.211. The van der Waals surface area contributed by atoms with Crippen LogP contribution in [-0.2, 0) is 16.1 Å². The first-order valence-corrected chi connectivity index (χ1v) is 9.11. The van der Waals surface area contributed by atoms with E-state index in [9.17, 15) is 4.79 Å². The molecular weight excluding hydrogens is 302 g/mol. The van der Waals surface area contributed by atoms with Crippen molar-refractivity contribution in [3.63, 3.8) is 0 Å². The number of nitrogens with one attached hydrogen (secondary N) is 1. The van der Waals surface area contributed by atoms with Crippen LogP contribution in [-0.4, -0.2) is 48.6 Å². The van der Waals surface area contributed by atoms with Gasteiger partial charge in [0.15, 0.2) is 0 Å². The van der Waals surface area contributed by atoms with Crippen molar-refractivity contribution in [3.8, 4) is 0 Å². The number of carbonyl (C=O) groups excluding carboxylic acids is 1. The molecule has 0 aromatic carbocycles. The molecule has 130 valence electrons. The van der Waals surface area contributed by atoms with Crippen LogP contribution in [0.1, 0.15) is 31.2 Å². The van der Waals surface area contributed by atoms with Crippen molar-refractivity contribution in [1.82, 2.24) is 15.2 Å². The second kappa shape index (κ2) is 6.45. The van der Waals surface area contributed by atoms with Crippen molar-refractivity contribution in [2.24, 2.45) is 17.3 Å². The van der Waals surface area contributed by atoms with E-state index in [2.05, 4.69) is 21.3 Å². The quantitative estimate of drug-likeness (QED) is 0.829. The fraction of sp³-hybridized carbons (Fsp3) is 0.684. The van der Waals surface area contributed by atoms with Gasteiger partial charge in [-0.05, 0) is 49.1 Å². The van der Waals surface area contributed by atoms with Crippen molar-refractivity contribution in [2.45, 2.75) is 38.3 Å². The fourth-order valence-corrected chi connectivity index (χ4v) is 4.13. The lowest BCUT2D eigenvalue weighted by Crippen LogP contribution is -2.45. The third-order valence-corrected chi connectivity index (χ3v) is 5.87. The molecule has 5 nitrogen and oxygen atoms in total. The molecule has 1 saturated heterocycles. The molecule has 1 N–H and O–H groups in total. The Morgan fingerprint density at radius 2 is 2.25 bits per heavy atom. The van der Waals surface area contributed by atoms with Gasteiger partial charge in [-0.3, -0.25) is 14.7 Å². The molecular formula is C19H27N3O2. The van der Waals surface area contributed by atoms with Crippen molar-refractivity contribution in [1.29, 1.82) is 0 Å². The van der Waals surface area contributed by atoms with Gasteiger partial charge in [0.1, 0.15) is 0 Å². The molecule has 2 atom stereocenters. The van der Waals surface area contributed by atoms with Crippen LogP contribution in [0, 0.1) is 17.3 Å². The average Bonchev–Trinajstić information content (AvgIpc) is 3.49. The summed E-state index contributed by atoms with van der Waals surface area (Å²) in [7, 11) is 1.69. The number of amides is 1. The number of carbonyl (C=O) groups is 1. The zero-order chi connectivity index (χ0) is 16.6. The molecule has 5 heteroatoms. The van der Waals surface area contributed by atoms with Crippen LogP contribution in [0.2, 0.25) is 0 Å². The number of hydrogen-bond acceptors (Lipinski definition) is 4. The van der Waals surface area contributed by atoms with Crippen LogP contribution in [0.3, 0.4) is 0 Å². The summed E-state index contributed by atoms with van der Waals surface area (Å²) in [5.41, 5.74) is 1.01. The van der Waals surface area contributed by atoms with E-state index in [0.29, 0.717) is 12.5 Å². The Morgan fingerprint density at radius 1 is 1.42 bits per heavy atom. The monoisotopic (exact) mass is 329 g/mol. The first-order chi connectivity index (χ1) is 11.7. The molecule has 0 radical (unpaired) electrons. The third kappa shape index (κ3) is 3.33. The largest absolute Gasteiger partial charge is 0.384 e. The van der Waals surface area contributed by atoms with Crippen LogP contribution < -0.4 is 5.32 Å². The molecule has 1 aliphatic heterocycles. The van der Waals surface area contributed by atoms with Crippen molar-refractivity contribution < 1.29 is 9.53 Å². The van der Waals surface area contributed by atoms with Crippen LogP contribution >= 0.6 is 0 Å². The number of hydrogen-bond donors (Lipinski definition) is 1. The van der Waals surface area contributed by atoms with Gasteiger partial charge in [0.25, 0.3) is 0 Å². The second-order valence-electron chi connectivity index (χ2n) is 7.85. The Labute approximate surface area is 143 Å². The van der Waals surface area contributed by atoms with E-state index in [1.54, 1.807) is 7.11 Å². The summed E-state index contributed by atoms with van der Waals surface area (Å²) < 4.78 is 5.26. The molecule has 0 bridgehead atoms. The molecule has 1 aromatic heterocycles. The fourth-order valence-electron chi connectivity index (χ4n) is 4.13. The van der Waals surface area contributed by atoms with Gasteiger partial charge in [0.2, 0.25) is 5.91 Å². The molecule has 1 aromatic rings. The van der Waals surface area contributed by atoms with Gasteiger partial charge in [0.05, 0.1) is 12.0 Å². The molecule has 3 fully saturated rings. The predicted octanol–water partition coefficient (Wildman–Crippen LogP) is 1.83. The standard InChI is InChI=1S/C19H27N3O2/c1-24-13-19(6-7-19)18(23)21-17-12-22(11-16(17)15-4-5-15)10-14-3-2-8-20-9-14/h2-3,8-9,15-17H,4-7,10-13H2,1H3,(H,21,23)/t16-,17+/m1/s1. The summed E-state index contributed by atoms with van der Waals surface area (Å²) in [6, 6.07) is 4.41. The molecule has 0 spiro atoms. The van der Waals surface area contributed by atoms with Crippen LogP contribution in [0.25, 0.3) is 0 Å². The van der Waals surface area contributed by atoms with Gasteiger partial charge in [-0.15, -0.1) is 0 Å². The number of methoxy groups -OCH3 is 1. The zero-order valence-corrected chi connectivity index (χ0v) is 14.4. The first kappa shape index (κ1) is 16.0. The van der Waals surface area contributed by atoms with Crippen LogP contribution in [0.5, 0.6) is 0 Å². The Morgan fingerprint density at radius 3 is 2.88 bits per heavy atom. The van der Waals surface area contributed by atoms with Crippen molar-refractivity contribution in [2.75, 3.05) is 26.8 Å². The highest BCUT2D eigenvalue weighted by molar-refractivity contribution is 5.85. The van der Waals surface area contributed by atoms with Crippen LogP contribution in [0.15, 0.2) is 24.5 Å². The normalized spacial score (nSPS) is 28.7. The summed E-state index contributed by atoms with van der Waals surface area (Å²) in [6.07, 6.45) is 8.33. The highest BCUT2D eigenvalue weighted by Crippen LogP contribution is 2.47. The van der Waals surface area contributed by atoms with E-state index in [1.807, 2.05) is 18.5 Å². The molecule has 2 heterocycles. The van der Waals surface area contributed by atoms with Gasteiger partial charge in [-0.2, -0.15) is 0 Å². The summed E-state index contributed by atoms with van der Waals surface area (Å²) >= 11 is 0. The van der Waals surface area contributed by atoms with E-state index < -0.39 is 0 Å². The molecule has 4 rings (SSSR count). The Kier molecular flexibility index (Phi) is 4.31. The minimum atomic E-state index is -0.236. The maximum atomic E-state index is 12.7. The van der Waals surface area contributed by atoms with E-state index >= 15 is 0 Å². The first-order valence-electron chi connectivity index (χ1n) is 9.11. The molecule has 0 unspecified atom stereocenters. The number of likely N-dealkylation sites (tertiary alicyclic amines) is 1. The number of pyridine rings is 1. The van der Waals surface area contributed by atoms with Crippen LogP contribution in [0.4, 0.5) is 0 Å². The van der Waals surface area contributed by atoms with Gasteiger partial charge >= 0.3 is 0 Å². The van der Waals surface area contributed by atoms with Gasteiger partial charge in [-0.1, -0.05) is 6.07 Å². The minimum Gasteiger partial charge on any atom is -0.384 e. The predicted molar refractivity (Wildman–Crippen MR) is 91.2 cm³/mol. The van der Waals surface area contributed by atoms with Gasteiger partial charge in [0, 0.05) is 45.2 Å². The topological polar surface area (TPSA) is 54.5 Å². The molecule has 3 aliphatic rings. The Hall–Kier alpha value is -1.46. The lowest BCUT2D eigenvalue weighted by molar-refractivity contribution is -0.129. The summed E-state index contributed by atoms with van der Waals surface area (Å²) in [6.45, 7) is 3.51. The molecule has 24 heavy (non-hydrogen) atoms. The van der Waals surface area contributed by atoms with E-state index in [0.717, 1.165) is 38.4 Å². The number of nitrogens with zero attached hydrogens (tertiary/aromatic N) is 2. The summed E-state index contributed by atoms with van der Waals surface area (Å²) in [5.74, 6) is 1.61. The van der Waals surface area contributed by atoms with Gasteiger partial charge in [-0.25, -0.2) is 0 Å². The average molecular weight is 329 g/mol. The number of rotatable bonds is 7. The zero-order valence-electron chi connectivity index (χ0n) is 14.4. The number of ether oxygens (including phenoxy) is 1. The van der Waals surface area contributed by atoms with Crippen molar-refractivity contribution >= 4 is 5.91 Å². The molecule has 1 amide bonds. The van der Waals surface area contributed by atoms with E-state index in [1.165, 1.54) is 18.4 Å². The Bertz CT molecular complexity index is 584. The summed E-state index contributed by atoms with van der Waals surface area (Å²) in [4.78, 5) is 19.4.